The summed E-state index contributed by atoms with van der Waals surface area (Å²) >= 11 is 7.24. The van der Waals surface area contributed by atoms with Crippen molar-refractivity contribution in [2.24, 2.45) is 0 Å². The lowest BCUT2D eigenvalue weighted by molar-refractivity contribution is -0.113. The number of nitrogens with one attached hydrogen (secondary N) is 1. The van der Waals surface area contributed by atoms with Crippen LogP contribution in [0.2, 0.25) is 5.02 Å². The van der Waals surface area contributed by atoms with E-state index in [-0.39, 0.29) is 24.0 Å². The lowest BCUT2D eigenvalue weighted by Crippen LogP contribution is -2.15. The van der Waals surface area contributed by atoms with Crippen LogP contribution in [-0.2, 0) is 11.4 Å². The Labute approximate surface area is 199 Å². The first-order chi connectivity index (χ1) is 16.0. The topological polar surface area (TPSA) is 69.0 Å². The van der Waals surface area contributed by atoms with Crippen molar-refractivity contribution in [2.75, 3.05) is 11.1 Å². The molecule has 0 fully saturated rings. The predicted molar refractivity (Wildman–Crippen MR) is 128 cm³/mol. The van der Waals surface area contributed by atoms with Crippen LogP contribution < -0.4 is 10.1 Å². The third-order valence-electron chi connectivity index (χ3n) is 4.65. The molecule has 0 radical (unpaired) electrons. The number of para-hydroxylation sites is 1. The highest BCUT2D eigenvalue weighted by atomic mass is 35.5. The molecule has 1 heterocycles. The molecule has 0 saturated carbocycles. The number of nitrogens with zero attached hydrogens (tertiary/aromatic N) is 3. The Hall–Kier alpha value is -3.36. The van der Waals surface area contributed by atoms with E-state index in [9.17, 15) is 9.18 Å². The first-order valence-electron chi connectivity index (χ1n) is 10.1. The molecular formula is C24H20ClFN4O2S. The summed E-state index contributed by atoms with van der Waals surface area (Å²) in [5.74, 6) is 0.461. The molecule has 0 atom stereocenters. The van der Waals surface area contributed by atoms with Crippen molar-refractivity contribution in [3.63, 3.8) is 0 Å². The number of halogens is 2. The number of anilines is 1. The fourth-order valence-corrected chi connectivity index (χ4v) is 3.89. The first-order valence-corrected chi connectivity index (χ1v) is 11.4. The van der Waals surface area contributed by atoms with Gasteiger partial charge in [0.05, 0.1) is 11.4 Å². The normalized spacial score (nSPS) is 10.8. The Morgan fingerprint density at radius 1 is 1.06 bits per heavy atom. The van der Waals surface area contributed by atoms with E-state index in [1.54, 1.807) is 24.3 Å². The van der Waals surface area contributed by atoms with Gasteiger partial charge in [-0.1, -0.05) is 53.2 Å². The van der Waals surface area contributed by atoms with Crippen LogP contribution in [0, 0.1) is 12.7 Å². The Morgan fingerprint density at radius 3 is 2.52 bits per heavy atom. The van der Waals surface area contributed by atoms with Crippen LogP contribution in [0.4, 0.5) is 10.1 Å². The largest absolute Gasteiger partial charge is 0.486 e. The number of aryl methyl sites for hydroxylation is 1. The molecule has 4 rings (SSSR count). The molecule has 1 aromatic heterocycles. The molecular weight excluding hydrogens is 463 g/mol. The number of carbonyl (C=O) groups excluding carboxylic acids is 1. The van der Waals surface area contributed by atoms with E-state index in [4.69, 9.17) is 16.3 Å². The Balaban J connectivity index is 1.51. The van der Waals surface area contributed by atoms with E-state index in [1.165, 1.54) is 23.9 Å². The molecule has 1 N–H and O–H groups in total. The summed E-state index contributed by atoms with van der Waals surface area (Å²) in [5, 5.41) is 12.2. The maximum absolute atomic E-state index is 13.8. The quantitative estimate of drug-likeness (QED) is 0.327. The lowest BCUT2D eigenvalue weighted by Gasteiger charge is -2.12. The Morgan fingerprint density at radius 2 is 1.79 bits per heavy atom. The summed E-state index contributed by atoms with van der Waals surface area (Å²) in [5.41, 5.74) is 2.05. The highest BCUT2D eigenvalue weighted by molar-refractivity contribution is 7.99. The molecule has 9 heteroatoms. The zero-order chi connectivity index (χ0) is 23.2. The third-order valence-corrected chi connectivity index (χ3v) is 5.84. The van der Waals surface area contributed by atoms with E-state index >= 15 is 0 Å². The first kappa shape index (κ1) is 22.8. The van der Waals surface area contributed by atoms with Crippen molar-refractivity contribution < 1.29 is 13.9 Å². The molecule has 168 valence electrons. The van der Waals surface area contributed by atoms with Gasteiger partial charge in [0, 0.05) is 10.7 Å². The van der Waals surface area contributed by atoms with Gasteiger partial charge in [-0.2, -0.15) is 0 Å². The lowest BCUT2D eigenvalue weighted by atomic mass is 10.2. The van der Waals surface area contributed by atoms with Crippen LogP contribution >= 0.6 is 23.4 Å². The van der Waals surface area contributed by atoms with Crippen molar-refractivity contribution in [1.82, 2.24) is 14.8 Å². The van der Waals surface area contributed by atoms with Crippen LogP contribution in [0.5, 0.6) is 5.75 Å². The summed E-state index contributed by atoms with van der Waals surface area (Å²) < 4.78 is 21.5. The van der Waals surface area contributed by atoms with Gasteiger partial charge in [0.1, 0.15) is 18.2 Å². The van der Waals surface area contributed by atoms with Crippen molar-refractivity contribution in [1.29, 1.82) is 0 Å². The van der Waals surface area contributed by atoms with Gasteiger partial charge in [0.15, 0.2) is 11.0 Å². The zero-order valence-corrected chi connectivity index (χ0v) is 19.2. The smallest absolute Gasteiger partial charge is 0.234 e. The van der Waals surface area contributed by atoms with Crippen LogP contribution in [-0.4, -0.2) is 26.4 Å². The number of carbonyl (C=O) groups is 1. The van der Waals surface area contributed by atoms with Gasteiger partial charge in [-0.15, -0.1) is 10.2 Å². The van der Waals surface area contributed by atoms with E-state index < -0.39 is 5.82 Å². The molecule has 0 bridgehead atoms. The fourth-order valence-electron chi connectivity index (χ4n) is 3.00. The molecule has 0 aliphatic heterocycles. The monoisotopic (exact) mass is 482 g/mol. The van der Waals surface area contributed by atoms with Crippen LogP contribution in [0.25, 0.3) is 5.69 Å². The number of ether oxygens (including phenoxy) is 1. The molecule has 3 aromatic carbocycles. The number of rotatable bonds is 8. The molecule has 0 saturated heterocycles. The standard InChI is InChI=1S/C24H20ClFN4O2S/c1-16-6-12-19(13-7-16)32-14-22-28-29-24(30(22)18-10-8-17(25)9-11-18)33-15-23(31)27-21-5-3-2-4-20(21)26/h2-13H,14-15H2,1H3,(H,27,31). The van der Waals surface area contributed by atoms with Crippen molar-refractivity contribution >= 4 is 35.0 Å². The SMILES string of the molecule is Cc1ccc(OCc2nnc(SCC(=O)Nc3ccccc3F)n2-c2ccc(Cl)cc2)cc1. The van der Waals surface area contributed by atoms with Gasteiger partial charge in [-0.3, -0.25) is 9.36 Å². The van der Waals surface area contributed by atoms with Gasteiger partial charge < -0.3 is 10.1 Å². The Kier molecular flexibility index (Phi) is 7.26. The number of amides is 1. The van der Waals surface area contributed by atoms with Crippen LogP contribution in [0.1, 0.15) is 11.4 Å². The average molecular weight is 483 g/mol. The van der Waals surface area contributed by atoms with E-state index in [0.717, 1.165) is 11.3 Å². The summed E-state index contributed by atoms with van der Waals surface area (Å²) in [6.07, 6.45) is 0. The van der Waals surface area contributed by atoms with Gasteiger partial charge in [-0.05, 0) is 55.5 Å². The highest BCUT2D eigenvalue weighted by Crippen LogP contribution is 2.25. The number of hydrogen-bond donors (Lipinski definition) is 1. The van der Waals surface area contributed by atoms with Crippen molar-refractivity contribution in [2.45, 2.75) is 18.7 Å². The third kappa shape index (κ3) is 5.91. The molecule has 0 aliphatic rings. The average Bonchev–Trinajstić information content (AvgIpc) is 3.22. The number of benzene rings is 3. The molecule has 1 amide bonds. The van der Waals surface area contributed by atoms with Crippen molar-refractivity contribution in [3.05, 3.63) is 95.0 Å². The minimum Gasteiger partial charge on any atom is -0.486 e. The number of thioether (sulfide) groups is 1. The van der Waals surface area contributed by atoms with E-state index in [0.29, 0.717) is 21.8 Å². The molecule has 6 nitrogen and oxygen atoms in total. The van der Waals surface area contributed by atoms with Gasteiger partial charge in [-0.25, -0.2) is 4.39 Å². The van der Waals surface area contributed by atoms with Gasteiger partial charge in [0.2, 0.25) is 5.91 Å². The zero-order valence-electron chi connectivity index (χ0n) is 17.7. The fraction of sp³-hybridized carbons (Fsp3) is 0.125. The molecule has 0 spiro atoms. The molecule has 0 aliphatic carbocycles. The molecule has 0 unspecified atom stereocenters. The minimum absolute atomic E-state index is 0.0267. The predicted octanol–water partition coefficient (Wildman–Crippen LogP) is 5.68. The summed E-state index contributed by atoms with van der Waals surface area (Å²) in [7, 11) is 0. The summed E-state index contributed by atoms with van der Waals surface area (Å²) in [4.78, 5) is 12.4. The highest BCUT2D eigenvalue weighted by Gasteiger charge is 2.17. The molecule has 33 heavy (non-hydrogen) atoms. The summed E-state index contributed by atoms with van der Waals surface area (Å²) in [6, 6.07) is 20.9. The van der Waals surface area contributed by atoms with Crippen LogP contribution in [0.3, 0.4) is 0 Å². The minimum atomic E-state index is -0.490. The van der Waals surface area contributed by atoms with E-state index in [2.05, 4.69) is 15.5 Å². The van der Waals surface area contributed by atoms with Gasteiger partial charge in [0.25, 0.3) is 0 Å². The number of aromatic nitrogens is 3. The van der Waals surface area contributed by atoms with Gasteiger partial charge >= 0.3 is 0 Å². The van der Waals surface area contributed by atoms with Crippen LogP contribution in [0.15, 0.2) is 78.0 Å². The second-order valence-corrected chi connectivity index (χ2v) is 8.51. The second kappa shape index (κ2) is 10.5. The maximum atomic E-state index is 13.8. The Bertz CT molecular complexity index is 1250. The second-order valence-electron chi connectivity index (χ2n) is 7.13. The molecule has 4 aromatic rings. The number of hydrogen-bond acceptors (Lipinski definition) is 5. The van der Waals surface area contributed by atoms with E-state index in [1.807, 2.05) is 47.9 Å². The summed E-state index contributed by atoms with van der Waals surface area (Å²) in [6.45, 7) is 2.19. The van der Waals surface area contributed by atoms with Crippen molar-refractivity contribution in [3.8, 4) is 11.4 Å². The maximum Gasteiger partial charge on any atom is 0.234 e.